The minimum atomic E-state index is -0.541. The first-order valence-corrected chi connectivity index (χ1v) is 13.9. The molecule has 0 radical (unpaired) electrons. The second-order valence-corrected chi connectivity index (χ2v) is 10.5. The van der Waals surface area contributed by atoms with Crippen LogP contribution < -0.4 is 20.6 Å². The SMILES string of the molecule is COc1cc(/C=N/NC(=O)c2nnn(-c3nonc3N)c2CN2CCCC[C@H]2C)ccc1OCc1ccc(Cl)c(Cl)c1. The number of aromatic nitrogens is 5. The molecule has 0 saturated carbocycles. The van der Waals surface area contributed by atoms with Gasteiger partial charge in [-0.15, -0.1) is 5.10 Å². The van der Waals surface area contributed by atoms with Gasteiger partial charge in [0.25, 0.3) is 5.91 Å². The summed E-state index contributed by atoms with van der Waals surface area (Å²) in [6, 6.07) is 10.9. The number of methoxy groups -OCH3 is 1. The van der Waals surface area contributed by atoms with Gasteiger partial charge in [0.05, 0.1) is 29.1 Å². The van der Waals surface area contributed by atoms with Gasteiger partial charge in [0, 0.05) is 12.6 Å². The minimum absolute atomic E-state index is 0.0381. The number of piperidine rings is 1. The lowest BCUT2D eigenvalue weighted by atomic mass is 10.0. The fraction of sp³-hybridized carbons (Fsp3) is 0.333. The molecule has 220 valence electrons. The summed E-state index contributed by atoms with van der Waals surface area (Å²) in [5, 5.41) is 20.7. The Morgan fingerprint density at radius 2 is 2.05 bits per heavy atom. The van der Waals surface area contributed by atoms with E-state index in [1.807, 2.05) is 6.07 Å². The second-order valence-electron chi connectivity index (χ2n) is 9.73. The number of carbonyl (C=O) groups is 1. The number of carbonyl (C=O) groups excluding carboxylic acids is 1. The molecule has 15 heteroatoms. The van der Waals surface area contributed by atoms with Crippen molar-refractivity contribution in [1.82, 2.24) is 35.6 Å². The summed E-state index contributed by atoms with van der Waals surface area (Å²) in [4.78, 5) is 15.4. The molecule has 1 amide bonds. The third kappa shape index (κ3) is 6.64. The smallest absolute Gasteiger partial charge is 0.293 e. The zero-order valence-electron chi connectivity index (χ0n) is 23.0. The second kappa shape index (κ2) is 13.2. The Morgan fingerprint density at radius 1 is 1.19 bits per heavy atom. The fourth-order valence-corrected chi connectivity index (χ4v) is 4.93. The molecule has 2 aromatic carbocycles. The Kier molecular flexibility index (Phi) is 9.20. The summed E-state index contributed by atoms with van der Waals surface area (Å²) < 4.78 is 17.5. The van der Waals surface area contributed by atoms with Gasteiger partial charge in [0.15, 0.2) is 17.2 Å². The van der Waals surface area contributed by atoms with Crippen LogP contribution in [0, 0.1) is 0 Å². The number of rotatable bonds is 10. The highest BCUT2D eigenvalue weighted by molar-refractivity contribution is 6.42. The highest BCUT2D eigenvalue weighted by Crippen LogP contribution is 2.29. The van der Waals surface area contributed by atoms with E-state index in [-0.39, 0.29) is 23.9 Å². The van der Waals surface area contributed by atoms with Crippen molar-refractivity contribution < 1.29 is 18.9 Å². The number of hydrazone groups is 1. The van der Waals surface area contributed by atoms with Crippen molar-refractivity contribution in [3.8, 4) is 17.3 Å². The third-order valence-corrected chi connectivity index (χ3v) is 7.65. The molecule has 1 fully saturated rings. The van der Waals surface area contributed by atoms with E-state index in [0.29, 0.717) is 45.4 Å². The van der Waals surface area contributed by atoms with Gasteiger partial charge in [-0.05, 0) is 78.1 Å². The van der Waals surface area contributed by atoms with Crippen LogP contribution in [-0.4, -0.2) is 62.0 Å². The van der Waals surface area contributed by atoms with Gasteiger partial charge in [-0.25, -0.2) is 10.1 Å². The molecular weight excluding hydrogens is 585 g/mol. The molecular formula is C27H29Cl2N9O4. The maximum absolute atomic E-state index is 13.2. The summed E-state index contributed by atoms with van der Waals surface area (Å²) in [5.74, 6) is 0.680. The van der Waals surface area contributed by atoms with Gasteiger partial charge in [0.2, 0.25) is 11.6 Å². The van der Waals surface area contributed by atoms with E-state index in [4.69, 9.17) is 43.0 Å². The first-order valence-electron chi connectivity index (χ1n) is 13.2. The molecule has 1 aliphatic heterocycles. The van der Waals surface area contributed by atoms with E-state index in [0.717, 1.165) is 31.4 Å². The predicted molar refractivity (Wildman–Crippen MR) is 156 cm³/mol. The predicted octanol–water partition coefficient (Wildman–Crippen LogP) is 4.27. The van der Waals surface area contributed by atoms with Crippen LogP contribution in [0.3, 0.4) is 0 Å². The largest absolute Gasteiger partial charge is 0.493 e. The molecule has 0 aliphatic carbocycles. The molecule has 5 rings (SSSR count). The maximum atomic E-state index is 13.2. The normalized spacial score (nSPS) is 15.7. The molecule has 2 aromatic heterocycles. The minimum Gasteiger partial charge on any atom is -0.493 e. The van der Waals surface area contributed by atoms with Crippen molar-refractivity contribution in [2.75, 3.05) is 19.4 Å². The summed E-state index contributed by atoms with van der Waals surface area (Å²) >= 11 is 12.1. The number of likely N-dealkylation sites (tertiary alicyclic amines) is 1. The average molecular weight is 614 g/mol. The molecule has 0 spiro atoms. The Morgan fingerprint density at radius 3 is 2.79 bits per heavy atom. The van der Waals surface area contributed by atoms with Crippen LogP contribution >= 0.6 is 23.2 Å². The number of nitrogen functional groups attached to an aromatic ring is 1. The average Bonchev–Trinajstić information content (AvgIpc) is 3.60. The van der Waals surface area contributed by atoms with E-state index in [2.05, 4.69) is 43.0 Å². The van der Waals surface area contributed by atoms with Crippen molar-refractivity contribution in [3.05, 3.63) is 69.0 Å². The zero-order valence-corrected chi connectivity index (χ0v) is 24.5. The van der Waals surface area contributed by atoms with Gasteiger partial charge in [-0.1, -0.05) is 40.9 Å². The Balaban J connectivity index is 1.29. The molecule has 0 bridgehead atoms. The van der Waals surface area contributed by atoms with Crippen molar-refractivity contribution in [2.24, 2.45) is 5.10 Å². The Bertz CT molecular complexity index is 1590. The molecule has 4 aromatic rings. The molecule has 1 saturated heterocycles. The maximum Gasteiger partial charge on any atom is 0.293 e. The summed E-state index contributed by atoms with van der Waals surface area (Å²) in [5.41, 5.74) is 10.6. The number of nitrogens with one attached hydrogen (secondary N) is 1. The van der Waals surface area contributed by atoms with E-state index < -0.39 is 5.91 Å². The highest BCUT2D eigenvalue weighted by atomic mass is 35.5. The van der Waals surface area contributed by atoms with Crippen LogP contribution in [0.2, 0.25) is 10.0 Å². The van der Waals surface area contributed by atoms with E-state index in [1.54, 1.807) is 30.3 Å². The van der Waals surface area contributed by atoms with Crippen LogP contribution in [0.4, 0.5) is 5.82 Å². The molecule has 13 nitrogen and oxygen atoms in total. The number of nitrogens with two attached hydrogens (primary N) is 1. The van der Waals surface area contributed by atoms with Gasteiger partial charge in [-0.3, -0.25) is 9.69 Å². The topological polar surface area (TPSA) is 159 Å². The first-order chi connectivity index (χ1) is 20.3. The molecule has 1 atom stereocenters. The zero-order chi connectivity index (χ0) is 29.6. The highest BCUT2D eigenvalue weighted by Gasteiger charge is 2.28. The summed E-state index contributed by atoms with van der Waals surface area (Å²) in [6.45, 7) is 3.72. The Hall–Kier alpha value is -4.20. The fourth-order valence-electron chi connectivity index (χ4n) is 4.61. The quantitative estimate of drug-likeness (QED) is 0.195. The molecule has 3 N–H and O–H groups in total. The standard InChI is InChI=1S/C27H29Cl2N9O4/c1-16-5-3-4-10-37(16)14-21-24(32-36-38(21)26-25(30)34-42-35-26)27(39)33-31-13-17-7-9-22(23(12-17)40-2)41-15-18-6-8-19(28)20(29)11-18/h6-9,11-13,16H,3-5,10,14-15H2,1-2H3,(H2,30,34)(H,33,39)/b31-13+/t16-/m1/s1. The van der Waals surface area contributed by atoms with Crippen LogP contribution in [0.1, 0.15) is 53.5 Å². The van der Waals surface area contributed by atoms with Crippen LogP contribution in [-0.2, 0) is 13.2 Å². The van der Waals surface area contributed by atoms with Crippen molar-refractivity contribution >= 4 is 41.1 Å². The number of anilines is 1. The lowest BCUT2D eigenvalue weighted by Crippen LogP contribution is -2.38. The number of benzene rings is 2. The van der Waals surface area contributed by atoms with Crippen LogP contribution in [0.25, 0.3) is 5.82 Å². The summed E-state index contributed by atoms with van der Waals surface area (Å²) in [6.07, 6.45) is 4.77. The van der Waals surface area contributed by atoms with Crippen molar-refractivity contribution in [1.29, 1.82) is 0 Å². The number of ether oxygens (including phenoxy) is 2. The number of hydrogen-bond acceptors (Lipinski definition) is 11. The van der Waals surface area contributed by atoms with Gasteiger partial charge in [-0.2, -0.15) is 9.78 Å². The molecule has 1 aliphatic rings. The first kappa shape index (κ1) is 29.3. The number of nitrogens with zero attached hydrogens (tertiary/aromatic N) is 7. The van der Waals surface area contributed by atoms with E-state index in [1.165, 1.54) is 18.0 Å². The lowest BCUT2D eigenvalue weighted by Gasteiger charge is -2.33. The van der Waals surface area contributed by atoms with Crippen molar-refractivity contribution in [3.63, 3.8) is 0 Å². The third-order valence-electron chi connectivity index (χ3n) is 6.91. The molecule has 0 unspecified atom stereocenters. The van der Waals surface area contributed by atoms with Gasteiger partial charge in [0.1, 0.15) is 6.61 Å². The lowest BCUT2D eigenvalue weighted by molar-refractivity contribution is 0.0945. The number of halogens is 2. The summed E-state index contributed by atoms with van der Waals surface area (Å²) in [7, 11) is 1.54. The van der Waals surface area contributed by atoms with Crippen molar-refractivity contribution in [2.45, 2.75) is 45.4 Å². The number of hydrogen-bond donors (Lipinski definition) is 2. The monoisotopic (exact) mass is 613 g/mol. The molecule has 42 heavy (non-hydrogen) atoms. The Labute approximate surface area is 251 Å². The molecule has 3 heterocycles. The van der Waals surface area contributed by atoms with Crippen LogP contribution in [0.5, 0.6) is 11.5 Å². The number of amides is 1. The van der Waals surface area contributed by atoms with E-state index in [9.17, 15) is 4.79 Å². The van der Waals surface area contributed by atoms with E-state index >= 15 is 0 Å². The van der Waals surface area contributed by atoms with Crippen LogP contribution in [0.15, 0.2) is 46.1 Å². The van der Waals surface area contributed by atoms with Gasteiger partial charge < -0.3 is 15.2 Å². The van der Waals surface area contributed by atoms with Gasteiger partial charge >= 0.3 is 0 Å².